The number of piperazine rings is 1. The number of non-ortho nitro benzene ring substituents is 1. The zero-order valence-electron chi connectivity index (χ0n) is 16.0. The number of thiazole rings is 1. The van der Waals surface area contributed by atoms with Gasteiger partial charge in [0.25, 0.3) is 5.69 Å². The number of rotatable bonds is 6. The zero-order valence-corrected chi connectivity index (χ0v) is 17.6. The topological polar surface area (TPSA) is 79.6 Å². The Kier molecular flexibility index (Phi) is 6.14. The average molecular weight is 447 g/mol. The smallest absolute Gasteiger partial charge is 0.270 e. The number of aromatic nitrogens is 1. The Labute approximate surface area is 180 Å². The molecule has 0 radical (unpaired) electrons. The average Bonchev–Trinajstić information content (AvgIpc) is 3.18. The standard InChI is InChI=1S/C20H19FN4O3S2/c21-14-1-4-16(5-2-14)29-12-7-19(26)23-8-10-24(11-9-23)20-22-17-6-3-15(25(27)28)13-18(17)30-20/h1-6,13H,7-12H2. The minimum absolute atomic E-state index is 0.0617. The van der Waals surface area contributed by atoms with Gasteiger partial charge in [-0.3, -0.25) is 14.9 Å². The number of benzene rings is 2. The fourth-order valence-corrected chi connectivity index (χ4v) is 5.13. The minimum Gasteiger partial charge on any atom is -0.345 e. The SMILES string of the molecule is O=C(CCSc1ccc(F)cc1)N1CCN(c2nc3ccc([N+](=O)[O-])cc3s2)CC1. The number of carbonyl (C=O) groups excluding carboxylic acids is 1. The number of hydrogen-bond donors (Lipinski definition) is 0. The van der Waals surface area contributed by atoms with Gasteiger partial charge >= 0.3 is 0 Å². The van der Waals surface area contributed by atoms with Crippen molar-refractivity contribution >= 4 is 50.0 Å². The number of carbonyl (C=O) groups is 1. The summed E-state index contributed by atoms with van der Waals surface area (Å²) in [5.74, 6) is 0.505. The van der Waals surface area contributed by atoms with Crippen molar-refractivity contribution in [3.8, 4) is 0 Å². The molecule has 0 aliphatic carbocycles. The van der Waals surface area contributed by atoms with Crippen molar-refractivity contribution in [3.63, 3.8) is 0 Å². The van der Waals surface area contributed by atoms with Crippen LogP contribution in [0.1, 0.15) is 6.42 Å². The number of halogens is 1. The third-order valence-corrected chi connectivity index (χ3v) is 6.97. The van der Waals surface area contributed by atoms with E-state index in [1.165, 1.54) is 29.5 Å². The van der Waals surface area contributed by atoms with E-state index in [1.807, 2.05) is 4.90 Å². The molecule has 3 aromatic rings. The van der Waals surface area contributed by atoms with Gasteiger partial charge in [0.05, 0.1) is 15.1 Å². The molecule has 4 rings (SSSR count). The quantitative estimate of drug-likeness (QED) is 0.321. The first-order valence-electron chi connectivity index (χ1n) is 9.46. The van der Waals surface area contributed by atoms with Crippen LogP contribution in [-0.4, -0.2) is 52.6 Å². The van der Waals surface area contributed by atoms with Crippen molar-refractivity contribution in [2.75, 3.05) is 36.8 Å². The van der Waals surface area contributed by atoms with Crippen LogP contribution in [0.5, 0.6) is 0 Å². The molecule has 30 heavy (non-hydrogen) atoms. The van der Waals surface area contributed by atoms with Crippen molar-refractivity contribution in [2.24, 2.45) is 0 Å². The second-order valence-corrected chi connectivity index (χ2v) is 9.00. The first-order chi connectivity index (χ1) is 14.5. The van der Waals surface area contributed by atoms with Gasteiger partial charge in [0.15, 0.2) is 5.13 Å². The van der Waals surface area contributed by atoms with Gasteiger partial charge in [0, 0.05) is 55.4 Å². The number of thioether (sulfide) groups is 1. The fourth-order valence-electron chi connectivity index (χ4n) is 3.24. The summed E-state index contributed by atoms with van der Waals surface area (Å²) in [7, 11) is 0. The molecule has 1 fully saturated rings. The molecule has 1 aliphatic heterocycles. The normalized spacial score (nSPS) is 14.3. The molecule has 7 nitrogen and oxygen atoms in total. The molecule has 2 heterocycles. The summed E-state index contributed by atoms with van der Waals surface area (Å²) < 4.78 is 13.7. The Bertz CT molecular complexity index is 1070. The molecule has 0 unspecified atom stereocenters. The molecule has 10 heteroatoms. The zero-order chi connectivity index (χ0) is 21.1. The van der Waals surface area contributed by atoms with Crippen LogP contribution in [0, 0.1) is 15.9 Å². The van der Waals surface area contributed by atoms with Crippen molar-refractivity contribution in [3.05, 3.63) is 58.4 Å². The van der Waals surface area contributed by atoms with Gasteiger partial charge in [-0.15, -0.1) is 11.8 Å². The second-order valence-electron chi connectivity index (χ2n) is 6.83. The summed E-state index contributed by atoms with van der Waals surface area (Å²) in [6.07, 6.45) is 0.437. The first-order valence-corrected chi connectivity index (χ1v) is 11.3. The second kappa shape index (κ2) is 8.97. The van der Waals surface area contributed by atoms with Gasteiger partial charge in [-0.05, 0) is 30.3 Å². The first kappa shape index (κ1) is 20.5. The van der Waals surface area contributed by atoms with E-state index in [1.54, 1.807) is 36.0 Å². The summed E-state index contributed by atoms with van der Waals surface area (Å²) >= 11 is 2.98. The highest BCUT2D eigenvalue weighted by molar-refractivity contribution is 7.99. The number of nitro groups is 1. The maximum Gasteiger partial charge on any atom is 0.270 e. The van der Waals surface area contributed by atoms with Gasteiger partial charge in [-0.1, -0.05) is 11.3 Å². The van der Waals surface area contributed by atoms with E-state index in [4.69, 9.17) is 0 Å². The lowest BCUT2D eigenvalue weighted by Crippen LogP contribution is -2.48. The van der Waals surface area contributed by atoms with E-state index in [0.29, 0.717) is 38.4 Å². The molecule has 0 bridgehead atoms. The summed E-state index contributed by atoms with van der Waals surface area (Å²) in [5, 5.41) is 11.8. The predicted molar refractivity (Wildman–Crippen MR) is 117 cm³/mol. The van der Waals surface area contributed by atoms with Crippen LogP contribution in [0.4, 0.5) is 15.2 Å². The maximum absolute atomic E-state index is 12.9. The van der Waals surface area contributed by atoms with Crippen molar-refractivity contribution in [1.29, 1.82) is 0 Å². The van der Waals surface area contributed by atoms with Crippen LogP contribution in [0.2, 0.25) is 0 Å². The molecule has 0 atom stereocenters. The van der Waals surface area contributed by atoms with Crippen LogP contribution < -0.4 is 4.90 Å². The minimum atomic E-state index is -0.405. The highest BCUT2D eigenvalue weighted by Crippen LogP contribution is 2.32. The van der Waals surface area contributed by atoms with E-state index in [9.17, 15) is 19.3 Å². The van der Waals surface area contributed by atoms with E-state index in [-0.39, 0.29) is 17.4 Å². The third kappa shape index (κ3) is 4.71. The number of nitro benzene ring substituents is 1. The Morgan fingerprint density at radius 3 is 2.60 bits per heavy atom. The molecule has 0 saturated carbocycles. The molecular formula is C20H19FN4O3S2. The lowest BCUT2D eigenvalue weighted by Gasteiger charge is -2.34. The van der Waals surface area contributed by atoms with Gasteiger partial charge in [0.2, 0.25) is 5.91 Å². The summed E-state index contributed by atoms with van der Waals surface area (Å²) in [6.45, 7) is 2.60. The largest absolute Gasteiger partial charge is 0.345 e. The Hall–Kier alpha value is -2.72. The molecule has 1 aromatic heterocycles. The Balaban J connectivity index is 1.29. The number of hydrogen-bond acceptors (Lipinski definition) is 7. The van der Waals surface area contributed by atoms with Crippen LogP contribution in [0.3, 0.4) is 0 Å². The van der Waals surface area contributed by atoms with Gasteiger partial charge in [-0.25, -0.2) is 9.37 Å². The number of fused-ring (bicyclic) bond motifs is 1. The molecule has 1 amide bonds. The number of amides is 1. The van der Waals surface area contributed by atoms with Crippen molar-refractivity contribution in [1.82, 2.24) is 9.88 Å². The van der Waals surface area contributed by atoms with Crippen LogP contribution in [0.15, 0.2) is 47.4 Å². The van der Waals surface area contributed by atoms with E-state index < -0.39 is 4.92 Å². The van der Waals surface area contributed by atoms with Crippen molar-refractivity contribution < 1.29 is 14.1 Å². The molecule has 0 spiro atoms. The van der Waals surface area contributed by atoms with Crippen LogP contribution >= 0.6 is 23.1 Å². The molecule has 156 valence electrons. The molecule has 1 saturated heterocycles. The third-order valence-electron chi connectivity index (χ3n) is 4.87. The van der Waals surface area contributed by atoms with Gasteiger partial charge < -0.3 is 9.80 Å². The van der Waals surface area contributed by atoms with E-state index >= 15 is 0 Å². The monoisotopic (exact) mass is 446 g/mol. The molecule has 0 N–H and O–H groups in total. The van der Waals surface area contributed by atoms with Crippen LogP contribution in [-0.2, 0) is 4.79 Å². The lowest BCUT2D eigenvalue weighted by atomic mass is 10.3. The molecular weight excluding hydrogens is 427 g/mol. The highest BCUT2D eigenvalue weighted by atomic mass is 32.2. The van der Waals surface area contributed by atoms with Gasteiger partial charge in [-0.2, -0.15) is 0 Å². The highest BCUT2D eigenvalue weighted by Gasteiger charge is 2.23. The summed E-state index contributed by atoms with van der Waals surface area (Å²) in [5.41, 5.74) is 0.809. The van der Waals surface area contributed by atoms with E-state index in [0.717, 1.165) is 20.2 Å². The molecule has 2 aromatic carbocycles. The summed E-state index contributed by atoms with van der Waals surface area (Å²) in [4.78, 5) is 32.5. The maximum atomic E-state index is 12.9. The number of nitrogens with zero attached hydrogens (tertiary/aromatic N) is 4. The Morgan fingerprint density at radius 2 is 1.90 bits per heavy atom. The van der Waals surface area contributed by atoms with E-state index in [2.05, 4.69) is 9.88 Å². The number of anilines is 1. The molecule has 1 aliphatic rings. The lowest BCUT2D eigenvalue weighted by molar-refractivity contribution is -0.384. The van der Waals surface area contributed by atoms with Crippen molar-refractivity contribution in [2.45, 2.75) is 11.3 Å². The summed E-state index contributed by atoms with van der Waals surface area (Å²) in [6, 6.07) is 11.0. The van der Waals surface area contributed by atoms with Gasteiger partial charge in [0.1, 0.15) is 5.82 Å². The fraction of sp³-hybridized carbons (Fsp3) is 0.300. The Morgan fingerprint density at radius 1 is 1.17 bits per heavy atom. The predicted octanol–water partition coefficient (Wildman–Crippen LogP) is 4.17. The van der Waals surface area contributed by atoms with Crippen LogP contribution in [0.25, 0.3) is 10.2 Å².